The van der Waals surface area contributed by atoms with Crippen molar-refractivity contribution in [1.29, 1.82) is 0 Å². The van der Waals surface area contributed by atoms with Crippen LogP contribution in [0.2, 0.25) is 0 Å². The van der Waals surface area contributed by atoms with Crippen molar-refractivity contribution in [3.63, 3.8) is 0 Å². The fraction of sp³-hybridized carbons (Fsp3) is 0.182. The lowest BCUT2D eigenvalue weighted by Crippen LogP contribution is -2.12. The predicted molar refractivity (Wildman–Crippen MR) is 107 cm³/mol. The minimum Gasteiger partial charge on any atom is -0.451 e. The molecule has 3 rings (SSSR count). The Morgan fingerprint density at radius 1 is 0.889 bits per heavy atom. The van der Waals surface area contributed by atoms with Gasteiger partial charge in [0.05, 0.1) is 0 Å². The smallest absolute Gasteiger partial charge is 0.291 e. The number of hydrogen-bond acceptors (Lipinski definition) is 3. The number of rotatable bonds is 5. The van der Waals surface area contributed by atoms with Gasteiger partial charge in [0.2, 0.25) is 5.91 Å². The number of amides is 2. The molecule has 0 saturated carbocycles. The molecule has 138 valence electrons. The first-order chi connectivity index (χ1) is 13.0. The highest BCUT2D eigenvalue weighted by atomic mass is 16.3. The van der Waals surface area contributed by atoms with E-state index in [0.29, 0.717) is 23.6 Å². The third-order valence-electron chi connectivity index (χ3n) is 4.35. The van der Waals surface area contributed by atoms with Gasteiger partial charge in [-0.25, -0.2) is 0 Å². The highest BCUT2D eigenvalue weighted by Gasteiger charge is 2.13. The third-order valence-corrected chi connectivity index (χ3v) is 4.35. The van der Waals surface area contributed by atoms with Crippen LogP contribution < -0.4 is 10.6 Å². The first-order valence-corrected chi connectivity index (χ1v) is 8.85. The molecule has 27 heavy (non-hydrogen) atoms. The number of furan rings is 1. The van der Waals surface area contributed by atoms with E-state index in [9.17, 15) is 9.59 Å². The highest BCUT2D eigenvalue weighted by Crippen LogP contribution is 2.25. The van der Waals surface area contributed by atoms with Gasteiger partial charge >= 0.3 is 0 Å². The van der Waals surface area contributed by atoms with Crippen LogP contribution in [-0.4, -0.2) is 11.8 Å². The van der Waals surface area contributed by atoms with Crippen LogP contribution in [0.25, 0.3) is 11.3 Å². The minimum absolute atomic E-state index is 0.0810. The van der Waals surface area contributed by atoms with Crippen LogP contribution in [0.3, 0.4) is 0 Å². The summed E-state index contributed by atoms with van der Waals surface area (Å²) in [6.07, 6.45) is 0.393. The molecular formula is C22H22N2O3. The molecule has 0 saturated heterocycles. The van der Waals surface area contributed by atoms with Gasteiger partial charge in [-0.2, -0.15) is 0 Å². The fourth-order valence-electron chi connectivity index (χ4n) is 2.63. The number of carbonyl (C=O) groups excluding carboxylic acids is 2. The predicted octanol–water partition coefficient (Wildman–Crippen LogP) is 5.16. The zero-order valence-electron chi connectivity index (χ0n) is 15.6. The number of hydrogen-bond donors (Lipinski definition) is 2. The molecule has 2 aromatic carbocycles. The van der Waals surface area contributed by atoms with Gasteiger partial charge in [0.15, 0.2) is 5.76 Å². The summed E-state index contributed by atoms with van der Waals surface area (Å²) in [5.41, 5.74) is 4.52. The quantitative estimate of drug-likeness (QED) is 0.658. The Kier molecular flexibility index (Phi) is 5.41. The van der Waals surface area contributed by atoms with Gasteiger partial charge in [-0.3, -0.25) is 9.59 Å². The summed E-state index contributed by atoms with van der Waals surface area (Å²) in [6.45, 7) is 5.88. The molecule has 0 fully saturated rings. The van der Waals surface area contributed by atoms with Crippen molar-refractivity contribution in [1.82, 2.24) is 0 Å². The topological polar surface area (TPSA) is 71.3 Å². The molecular weight excluding hydrogens is 340 g/mol. The largest absolute Gasteiger partial charge is 0.451 e. The van der Waals surface area contributed by atoms with Crippen molar-refractivity contribution in [2.24, 2.45) is 0 Å². The molecule has 0 aliphatic heterocycles. The second kappa shape index (κ2) is 7.91. The van der Waals surface area contributed by atoms with Crippen LogP contribution in [0.5, 0.6) is 0 Å². The Balaban J connectivity index is 1.74. The molecule has 0 aliphatic rings. The maximum absolute atomic E-state index is 12.5. The van der Waals surface area contributed by atoms with Gasteiger partial charge in [-0.1, -0.05) is 25.1 Å². The summed E-state index contributed by atoms with van der Waals surface area (Å²) < 4.78 is 5.73. The Hall–Kier alpha value is -3.34. The van der Waals surface area contributed by atoms with E-state index in [1.807, 2.05) is 25.1 Å². The van der Waals surface area contributed by atoms with E-state index < -0.39 is 0 Å². The molecule has 0 bridgehead atoms. The van der Waals surface area contributed by atoms with Crippen LogP contribution in [0.4, 0.5) is 11.4 Å². The van der Waals surface area contributed by atoms with Crippen LogP contribution in [0.15, 0.2) is 59.0 Å². The Labute approximate surface area is 158 Å². The van der Waals surface area contributed by atoms with Crippen LogP contribution >= 0.6 is 0 Å². The lowest BCUT2D eigenvalue weighted by Gasteiger charge is -2.07. The van der Waals surface area contributed by atoms with Crippen molar-refractivity contribution >= 4 is 23.2 Å². The zero-order chi connectivity index (χ0) is 19.4. The average Bonchev–Trinajstić information content (AvgIpc) is 3.14. The lowest BCUT2D eigenvalue weighted by atomic mass is 10.1. The molecule has 0 unspecified atom stereocenters. The third kappa shape index (κ3) is 4.44. The molecule has 3 aromatic rings. The number of carbonyl (C=O) groups is 2. The van der Waals surface area contributed by atoms with Crippen molar-refractivity contribution in [3.05, 3.63) is 71.5 Å². The SMILES string of the molecule is CCC(=O)Nc1cccc(NC(=O)c2ccc(-c3ccc(C)c(C)c3)o2)c1. The molecule has 0 radical (unpaired) electrons. The number of benzene rings is 2. The Morgan fingerprint density at radius 3 is 2.33 bits per heavy atom. The van der Waals surface area contributed by atoms with Gasteiger partial charge in [-0.05, 0) is 61.4 Å². The second-order valence-corrected chi connectivity index (χ2v) is 6.40. The molecule has 2 amide bonds. The van der Waals surface area contributed by atoms with Gasteiger partial charge in [-0.15, -0.1) is 0 Å². The molecule has 0 aliphatic carbocycles. The van der Waals surface area contributed by atoms with Crippen molar-refractivity contribution in [2.45, 2.75) is 27.2 Å². The second-order valence-electron chi connectivity index (χ2n) is 6.40. The van der Waals surface area contributed by atoms with E-state index in [-0.39, 0.29) is 17.6 Å². The van der Waals surface area contributed by atoms with Gasteiger partial charge < -0.3 is 15.1 Å². The fourth-order valence-corrected chi connectivity index (χ4v) is 2.63. The monoisotopic (exact) mass is 362 g/mol. The first-order valence-electron chi connectivity index (χ1n) is 8.85. The summed E-state index contributed by atoms with van der Waals surface area (Å²) in [4.78, 5) is 24.0. The summed E-state index contributed by atoms with van der Waals surface area (Å²) in [7, 11) is 0. The molecule has 0 spiro atoms. The normalized spacial score (nSPS) is 10.5. The van der Waals surface area contributed by atoms with Crippen molar-refractivity contribution in [3.8, 4) is 11.3 Å². The van der Waals surface area contributed by atoms with Crippen LogP contribution in [0.1, 0.15) is 35.0 Å². The average molecular weight is 362 g/mol. The number of anilines is 2. The molecule has 0 atom stereocenters. The number of nitrogens with one attached hydrogen (secondary N) is 2. The van der Waals surface area contributed by atoms with Gasteiger partial charge in [0, 0.05) is 23.4 Å². The van der Waals surface area contributed by atoms with E-state index >= 15 is 0 Å². The Bertz CT molecular complexity index is 989. The van der Waals surface area contributed by atoms with Crippen molar-refractivity contribution < 1.29 is 14.0 Å². The summed E-state index contributed by atoms with van der Waals surface area (Å²) >= 11 is 0. The van der Waals surface area contributed by atoms with Gasteiger partial charge in [0.1, 0.15) is 5.76 Å². The first kappa shape index (κ1) is 18.5. The maximum atomic E-state index is 12.5. The molecule has 1 heterocycles. The van der Waals surface area contributed by atoms with E-state index in [1.54, 1.807) is 43.3 Å². The number of aryl methyl sites for hydroxylation is 2. The van der Waals surface area contributed by atoms with E-state index in [2.05, 4.69) is 17.6 Å². The van der Waals surface area contributed by atoms with Gasteiger partial charge in [0.25, 0.3) is 5.91 Å². The molecule has 1 aromatic heterocycles. The van der Waals surface area contributed by atoms with Crippen LogP contribution in [0, 0.1) is 13.8 Å². The Morgan fingerprint density at radius 2 is 1.63 bits per heavy atom. The lowest BCUT2D eigenvalue weighted by molar-refractivity contribution is -0.115. The standard InChI is InChI=1S/C22H22N2O3/c1-4-21(25)23-17-6-5-7-18(13-17)24-22(26)20-11-10-19(27-20)16-9-8-14(2)15(3)12-16/h5-13H,4H2,1-3H3,(H,23,25)(H,24,26). The maximum Gasteiger partial charge on any atom is 0.291 e. The van der Waals surface area contributed by atoms with Crippen LogP contribution in [-0.2, 0) is 4.79 Å². The van der Waals surface area contributed by atoms with E-state index in [1.165, 1.54) is 11.1 Å². The molecule has 5 heteroatoms. The minimum atomic E-state index is -0.343. The van der Waals surface area contributed by atoms with E-state index in [4.69, 9.17) is 4.42 Å². The molecule has 5 nitrogen and oxygen atoms in total. The summed E-state index contributed by atoms with van der Waals surface area (Å²) in [5, 5.41) is 5.56. The van der Waals surface area contributed by atoms with Crippen molar-refractivity contribution in [2.75, 3.05) is 10.6 Å². The highest BCUT2D eigenvalue weighted by molar-refractivity contribution is 6.03. The molecule has 2 N–H and O–H groups in total. The summed E-state index contributed by atoms with van der Waals surface area (Å²) in [6, 6.07) is 16.5. The summed E-state index contributed by atoms with van der Waals surface area (Å²) in [5.74, 6) is 0.449. The van der Waals surface area contributed by atoms with E-state index in [0.717, 1.165) is 5.56 Å². The zero-order valence-corrected chi connectivity index (χ0v) is 15.6.